The first-order valence-electron chi connectivity index (χ1n) is 5.39. The third kappa shape index (κ3) is 3.48. The normalized spacial score (nSPS) is 11.7. The molecule has 0 saturated heterocycles. The summed E-state index contributed by atoms with van der Waals surface area (Å²) >= 11 is 8.96. The van der Waals surface area contributed by atoms with E-state index >= 15 is 0 Å². The predicted molar refractivity (Wildman–Crippen MR) is 76.8 cm³/mol. The van der Waals surface area contributed by atoms with Crippen molar-refractivity contribution in [2.24, 2.45) is 0 Å². The Morgan fingerprint density at radius 3 is 2.85 bits per heavy atom. The van der Waals surface area contributed by atoms with Gasteiger partial charge in [-0.3, -0.25) is 0 Å². The van der Waals surface area contributed by atoms with Crippen LogP contribution >= 0.6 is 27.5 Å². The lowest BCUT2D eigenvalue weighted by molar-refractivity contribution is 0.410. The Labute approximate surface area is 128 Å². The van der Waals surface area contributed by atoms with E-state index in [0.717, 1.165) is 0 Å². The van der Waals surface area contributed by atoms with Gasteiger partial charge in [0.2, 0.25) is 16.4 Å². The van der Waals surface area contributed by atoms with Gasteiger partial charge < -0.3 is 10.3 Å². The first kappa shape index (κ1) is 15.2. The lowest BCUT2D eigenvalue weighted by atomic mass is 10.3. The zero-order chi connectivity index (χ0) is 14.8. The van der Waals surface area contributed by atoms with E-state index in [-0.39, 0.29) is 26.6 Å². The molecule has 10 heteroatoms. The van der Waals surface area contributed by atoms with E-state index in [1.54, 1.807) is 0 Å². The summed E-state index contributed by atoms with van der Waals surface area (Å²) in [5, 5.41) is 3.82. The highest BCUT2D eigenvalue weighted by atomic mass is 79.9. The monoisotopic (exact) mass is 380 g/mol. The van der Waals surface area contributed by atoms with E-state index in [1.165, 1.54) is 18.5 Å². The number of rotatable bonds is 5. The van der Waals surface area contributed by atoms with Gasteiger partial charge in [0.1, 0.15) is 0 Å². The Bertz CT molecular complexity index is 706. The predicted octanol–water partition coefficient (Wildman–Crippen LogP) is 1.59. The van der Waals surface area contributed by atoms with Crippen molar-refractivity contribution in [3.8, 4) is 0 Å². The maximum Gasteiger partial charge on any atom is 0.241 e. The van der Waals surface area contributed by atoms with Crippen molar-refractivity contribution in [2.45, 2.75) is 11.3 Å². The summed E-state index contributed by atoms with van der Waals surface area (Å²) in [7, 11) is -3.74. The summed E-state index contributed by atoms with van der Waals surface area (Å²) < 4.78 is 31.6. The number of hydrogen-bond acceptors (Lipinski definition) is 6. The topological polar surface area (TPSA) is 111 Å². The first-order chi connectivity index (χ1) is 9.40. The van der Waals surface area contributed by atoms with Gasteiger partial charge >= 0.3 is 0 Å². The van der Waals surface area contributed by atoms with Crippen molar-refractivity contribution >= 4 is 43.2 Å². The molecule has 2 aromatic rings. The SMILES string of the molecule is Nc1cc(Cl)cc(S(=O)(=O)NCCc2ncon2)c1Br. The van der Waals surface area contributed by atoms with Gasteiger partial charge in [-0.05, 0) is 28.1 Å². The van der Waals surface area contributed by atoms with Crippen molar-refractivity contribution in [3.63, 3.8) is 0 Å². The molecule has 108 valence electrons. The lowest BCUT2D eigenvalue weighted by Gasteiger charge is -2.10. The molecule has 0 aliphatic carbocycles. The molecule has 0 unspecified atom stereocenters. The summed E-state index contributed by atoms with van der Waals surface area (Å²) in [6.45, 7) is 0.126. The third-order valence-corrected chi connectivity index (χ3v) is 5.22. The molecule has 1 aromatic heterocycles. The van der Waals surface area contributed by atoms with Gasteiger partial charge in [0.05, 0.1) is 9.37 Å². The first-order valence-corrected chi connectivity index (χ1v) is 8.05. The summed E-state index contributed by atoms with van der Waals surface area (Å²) in [5.74, 6) is 0.414. The van der Waals surface area contributed by atoms with Crippen molar-refractivity contribution in [1.82, 2.24) is 14.9 Å². The molecule has 1 heterocycles. The molecule has 0 saturated carbocycles. The maximum atomic E-state index is 12.2. The smallest absolute Gasteiger partial charge is 0.241 e. The molecule has 0 radical (unpaired) electrons. The van der Waals surface area contributed by atoms with E-state index in [9.17, 15) is 8.42 Å². The Kier molecular flexibility index (Phi) is 4.63. The van der Waals surface area contributed by atoms with Gasteiger partial charge in [-0.15, -0.1) is 0 Å². The molecule has 0 spiro atoms. The van der Waals surface area contributed by atoms with Crippen LogP contribution in [0.1, 0.15) is 5.82 Å². The van der Waals surface area contributed by atoms with Crippen LogP contribution in [-0.4, -0.2) is 25.1 Å². The molecule has 7 nitrogen and oxygen atoms in total. The molecular formula is C10H10BrClN4O3S. The molecule has 0 aliphatic heterocycles. The minimum absolute atomic E-state index is 0.0180. The van der Waals surface area contributed by atoms with E-state index < -0.39 is 10.0 Å². The van der Waals surface area contributed by atoms with Gasteiger partial charge in [-0.2, -0.15) is 4.98 Å². The number of nitrogens with two attached hydrogens (primary N) is 1. The fraction of sp³-hybridized carbons (Fsp3) is 0.200. The molecule has 0 bridgehead atoms. The Balaban J connectivity index is 2.14. The fourth-order valence-corrected chi connectivity index (χ4v) is 3.78. The van der Waals surface area contributed by atoms with E-state index in [0.29, 0.717) is 12.2 Å². The number of hydrogen-bond donors (Lipinski definition) is 2. The maximum absolute atomic E-state index is 12.2. The molecule has 0 amide bonds. The number of nitrogens with one attached hydrogen (secondary N) is 1. The van der Waals surface area contributed by atoms with Crippen LogP contribution in [0.3, 0.4) is 0 Å². The van der Waals surface area contributed by atoms with E-state index in [2.05, 4.69) is 35.3 Å². The van der Waals surface area contributed by atoms with Gasteiger partial charge in [-0.1, -0.05) is 16.8 Å². The number of aromatic nitrogens is 2. The zero-order valence-corrected chi connectivity index (χ0v) is 13.2. The average Bonchev–Trinajstić information content (AvgIpc) is 2.86. The average molecular weight is 382 g/mol. The van der Waals surface area contributed by atoms with Crippen molar-refractivity contribution < 1.29 is 12.9 Å². The fourth-order valence-electron chi connectivity index (χ4n) is 1.46. The van der Waals surface area contributed by atoms with Crippen LogP contribution in [0.4, 0.5) is 5.69 Å². The second-order valence-corrected chi connectivity index (χ2v) is 6.77. The molecule has 0 aliphatic rings. The van der Waals surface area contributed by atoms with Crippen LogP contribution in [0.2, 0.25) is 5.02 Å². The highest BCUT2D eigenvalue weighted by Gasteiger charge is 2.20. The quantitative estimate of drug-likeness (QED) is 0.761. The van der Waals surface area contributed by atoms with E-state index in [4.69, 9.17) is 17.3 Å². The lowest BCUT2D eigenvalue weighted by Crippen LogP contribution is -2.26. The standard InChI is InChI=1S/C10H10BrClN4O3S/c11-10-7(13)3-6(12)4-8(10)20(17,18)15-2-1-9-14-5-19-16-9/h3-5,15H,1-2,13H2. The van der Waals surface area contributed by atoms with Gasteiger partial charge in [0, 0.05) is 23.7 Å². The molecule has 3 N–H and O–H groups in total. The van der Waals surface area contributed by atoms with Crippen molar-refractivity contribution in [1.29, 1.82) is 0 Å². The summed E-state index contributed by atoms with van der Waals surface area (Å²) in [6.07, 6.45) is 1.49. The minimum Gasteiger partial charge on any atom is -0.398 e. The highest BCUT2D eigenvalue weighted by Crippen LogP contribution is 2.31. The van der Waals surface area contributed by atoms with Crippen molar-refractivity contribution in [3.05, 3.63) is 33.8 Å². The molecule has 0 fully saturated rings. The molecule has 1 aromatic carbocycles. The Morgan fingerprint density at radius 2 is 2.20 bits per heavy atom. The summed E-state index contributed by atoms with van der Waals surface area (Å²) in [4.78, 5) is 3.77. The number of halogens is 2. The largest absolute Gasteiger partial charge is 0.398 e. The highest BCUT2D eigenvalue weighted by molar-refractivity contribution is 9.10. The van der Waals surface area contributed by atoms with Crippen molar-refractivity contribution in [2.75, 3.05) is 12.3 Å². The minimum atomic E-state index is -3.74. The number of benzene rings is 1. The third-order valence-electron chi connectivity index (χ3n) is 2.37. The van der Waals surface area contributed by atoms with Gasteiger partial charge in [0.25, 0.3) is 0 Å². The number of nitrogens with zero attached hydrogens (tertiary/aromatic N) is 2. The molecule has 0 atom stereocenters. The van der Waals surface area contributed by atoms with Crippen LogP contribution in [0, 0.1) is 0 Å². The number of nitrogen functional groups attached to an aromatic ring is 1. The zero-order valence-electron chi connectivity index (χ0n) is 10.0. The van der Waals surface area contributed by atoms with Crippen LogP contribution in [0.25, 0.3) is 0 Å². The Morgan fingerprint density at radius 1 is 1.45 bits per heavy atom. The van der Waals surface area contributed by atoms with Crippen LogP contribution in [0.15, 0.2) is 32.4 Å². The number of sulfonamides is 1. The van der Waals surface area contributed by atoms with Crippen LogP contribution in [0.5, 0.6) is 0 Å². The van der Waals surface area contributed by atoms with Gasteiger partial charge in [0.15, 0.2) is 5.82 Å². The van der Waals surface area contributed by atoms with Gasteiger partial charge in [-0.25, -0.2) is 13.1 Å². The van der Waals surface area contributed by atoms with E-state index in [1.807, 2.05) is 0 Å². The molecular weight excluding hydrogens is 372 g/mol. The summed E-state index contributed by atoms with van der Waals surface area (Å²) in [5.41, 5.74) is 5.91. The second-order valence-electron chi connectivity index (χ2n) is 3.80. The number of anilines is 1. The van der Waals surface area contributed by atoms with Crippen LogP contribution in [-0.2, 0) is 16.4 Å². The Hall–Kier alpha value is -1.16. The molecule has 20 heavy (non-hydrogen) atoms. The summed E-state index contributed by atoms with van der Waals surface area (Å²) in [6, 6.07) is 2.78. The second kappa shape index (κ2) is 6.08. The van der Waals surface area contributed by atoms with Crippen LogP contribution < -0.4 is 10.5 Å². The molecule has 2 rings (SSSR count).